The fourth-order valence-electron chi connectivity index (χ4n) is 4.02. The summed E-state index contributed by atoms with van der Waals surface area (Å²) in [5.74, 6) is 2.14. The maximum atomic E-state index is 12.3. The molecule has 152 valence electrons. The highest BCUT2D eigenvalue weighted by atomic mass is 16.4. The molecule has 0 spiro atoms. The van der Waals surface area contributed by atoms with Crippen LogP contribution in [0.1, 0.15) is 55.5 Å². The number of nitrogens with zero attached hydrogens (tertiary/aromatic N) is 5. The summed E-state index contributed by atoms with van der Waals surface area (Å²) in [5.41, 5.74) is 2.33. The molecule has 0 amide bonds. The first-order chi connectivity index (χ1) is 13.6. The minimum Gasteiger partial charge on any atom is -0.444 e. The molecule has 7 heteroatoms. The number of oxazole rings is 1. The van der Waals surface area contributed by atoms with Crippen LogP contribution in [0, 0.1) is 0 Å². The summed E-state index contributed by atoms with van der Waals surface area (Å²) in [5, 5.41) is 4.63. The highest BCUT2D eigenvalue weighted by Crippen LogP contribution is 2.18. The van der Waals surface area contributed by atoms with Crippen LogP contribution in [0.5, 0.6) is 0 Å². The first-order valence-electron chi connectivity index (χ1n) is 10.6. The summed E-state index contributed by atoms with van der Waals surface area (Å²) >= 11 is 0. The molecule has 1 aliphatic carbocycles. The number of hydrogen-bond donors (Lipinski definition) is 0. The zero-order valence-electron chi connectivity index (χ0n) is 17.1. The van der Waals surface area contributed by atoms with Gasteiger partial charge >= 0.3 is 0 Å². The molecule has 1 saturated heterocycles. The van der Waals surface area contributed by atoms with Gasteiger partial charge in [0.15, 0.2) is 0 Å². The highest BCUT2D eigenvalue weighted by Gasteiger charge is 2.20. The van der Waals surface area contributed by atoms with Crippen molar-refractivity contribution in [2.75, 3.05) is 32.7 Å². The Morgan fingerprint density at radius 1 is 1.07 bits per heavy atom. The van der Waals surface area contributed by atoms with E-state index in [9.17, 15) is 4.79 Å². The van der Waals surface area contributed by atoms with Crippen molar-refractivity contribution >= 4 is 0 Å². The minimum atomic E-state index is 0.0455. The van der Waals surface area contributed by atoms with Crippen LogP contribution < -0.4 is 5.56 Å². The summed E-state index contributed by atoms with van der Waals surface area (Å²) in [7, 11) is 0. The SMILES string of the molecule is CC(C)c1cnc(CN2CCN(CCn3nc4c(cc3=O)CCCC4)CC2)o1. The van der Waals surface area contributed by atoms with E-state index in [0.717, 1.165) is 75.0 Å². The molecule has 2 aromatic heterocycles. The molecule has 0 atom stereocenters. The van der Waals surface area contributed by atoms with E-state index in [-0.39, 0.29) is 5.56 Å². The molecule has 0 N–H and O–H groups in total. The fraction of sp³-hybridized carbons (Fsp3) is 0.667. The van der Waals surface area contributed by atoms with Crippen molar-refractivity contribution in [1.29, 1.82) is 0 Å². The van der Waals surface area contributed by atoms with Crippen molar-refractivity contribution in [2.24, 2.45) is 0 Å². The molecule has 0 bridgehead atoms. The summed E-state index contributed by atoms with van der Waals surface area (Å²) in [6.07, 6.45) is 6.22. The van der Waals surface area contributed by atoms with Gasteiger partial charge in [0.1, 0.15) is 5.76 Å². The van der Waals surface area contributed by atoms with E-state index in [1.54, 1.807) is 10.7 Å². The molecule has 0 unspecified atom stereocenters. The van der Waals surface area contributed by atoms with Gasteiger partial charge in [-0.2, -0.15) is 5.10 Å². The highest BCUT2D eigenvalue weighted by molar-refractivity contribution is 5.20. The van der Waals surface area contributed by atoms with Crippen LogP contribution in [0.4, 0.5) is 0 Å². The molecule has 0 saturated carbocycles. The van der Waals surface area contributed by atoms with E-state index in [4.69, 9.17) is 4.42 Å². The fourth-order valence-corrected chi connectivity index (χ4v) is 4.02. The molecule has 7 nitrogen and oxygen atoms in total. The second-order valence-electron chi connectivity index (χ2n) is 8.31. The number of hydrogen-bond acceptors (Lipinski definition) is 6. The second kappa shape index (κ2) is 8.57. The number of aromatic nitrogens is 3. The summed E-state index contributed by atoms with van der Waals surface area (Å²) in [4.78, 5) is 21.5. The minimum absolute atomic E-state index is 0.0455. The van der Waals surface area contributed by atoms with Crippen molar-refractivity contribution in [2.45, 2.75) is 58.5 Å². The number of fused-ring (bicyclic) bond motifs is 1. The van der Waals surface area contributed by atoms with Gasteiger partial charge in [-0.15, -0.1) is 0 Å². The Morgan fingerprint density at radius 2 is 1.82 bits per heavy atom. The van der Waals surface area contributed by atoms with Crippen molar-refractivity contribution in [3.8, 4) is 0 Å². The van der Waals surface area contributed by atoms with Gasteiger partial charge in [0, 0.05) is 44.7 Å². The average Bonchev–Trinajstić information content (AvgIpc) is 3.16. The normalized spacial score (nSPS) is 18.5. The lowest BCUT2D eigenvalue weighted by atomic mass is 9.97. The van der Waals surface area contributed by atoms with Gasteiger partial charge in [-0.05, 0) is 31.2 Å². The third kappa shape index (κ3) is 4.52. The van der Waals surface area contributed by atoms with Crippen LogP contribution >= 0.6 is 0 Å². The topological polar surface area (TPSA) is 67.4 Å². The van der Waals surface area contributed by atoms with Crippen molar-refractivity contribution in [3.63, 3.8) is 0 Å². The summed E-state index contributed by atoms with van der Waals surface area (Å²) in [6.45, 7) is 10.5. The van der Waals surface area contributed by atoms with E-state index in [1.165, 1.54) is 12.8 Å². The van der Waals surface area contributed by atoms with Crippen LogP contribution in [-0.4, -0.2) is 57.3 Å². The maximum absolute atomic E-state index is 12.3. The maximum Gasteiger partial charge on any atom is 0.267 e. The molecule has 4 rings (SSSR count). The molecule has 0 aromatic carbocycles. The Bertz CT molecular complexity index is 849. The Hall–Kier alpha value is -1.99. The van der Waals surface area contributed by atoms with Crippen LogP contribution in [0.2, 0.25) is 0 Å². The smallest absolute Gasteiger partial charge is 0.267 e. The molecule has 3 heterocycles. The van der Waals surface area contributed by atoms with Gasteiger partial charge in [-0.1, -0.05) is 13.8 Å². The monoisotopic (exact) mass is 385 g/mol. The van der Waals surface area contributed by atoms with Crippen LogP contribution in [0.15, 0.2) is 21.5 Å². The predicted molar refractivity (Wildman–Crippen MR) is 107 cm³/mol. The largest absolute Gasteiger partial charge is 0.444 e. The van der Waals surface area contributed by atoms with Gasteiger partial charge in [0.2, 0.25) is 5.89 Å². The zero-order chi connectivity index (χ0) is 19.5. The van der Waals surface area contributed by atoms with Crippen LogP contribution in [0.25, 0.3) is 0 Å². The quantitative estimate of drug-likeness (QED) is 0.758. The second-order valence-corrected chi connectivity index (χ2v) is 8.31. The van der Waals surface area contributed by atoms with E-state index in [2.05, 4.69) is 33.7 Å². The number of piperazine rings is 1. The molecule has 28 heavy (non-hydrogen) atoms. The summed E-state index contributed by atoms with van der Waals surface area (Å²) < 4.78 is 7.49. The van der Waals surface area contributed by atoms with Crippen molar-refractivity contribution in [3.05, 3.63) is 45.5 Å². The molecular weight excluding hydrogens is 354 g/mol. The number of aryl methyl sites for hydroxylation is 2. The molecule has 1 aliphatic heterocycles. The molecular formula is C21H31N5O2. The van der Waals surface area contributed by atoms with E-state index >= 15 is 0 Å². The molecule has 2 aliphatic rings. The Morgan fingerprint density at radius 3 is 2.57 bits per heavy atom. The van der Waals surface area contributed by atoms with Gasteiger partial charge in [0.25, 0.3) is 5.56 Å². The van der Waals surface area contributed by atoms with Crippen molar-refractivity contribution in [1.82, 2.24) is 24.6 Å². The Balaban J connectivity index is 1.26. The third-order valence-electron chi connectivity index (χ3n) is 5.87. The van der Waals surface area contributed by atoms with Gasteiger partial charge < -0.3 is 4.42 Å². The molecule has 0 radical (unpaired) electrons. The summed E-state index contributed by atoms with van der Waals surface area (Å²) in [6, 6.07) is 1.81. The van der Waals surface area contributed by atoms with Gasteiger partial charge in [0.05, 0.1) is 25.0 Å². The van der Waals surface area contributed by atoms with Crippen LogP contribution in [-0.2, 0) is 25.9 Å². The predicted octanol–water partition coefficient (Wildman–Crippen LogP) is 2.05. The Labute approximate surface area is 166 Å². The Kier molecular flexibility index (Phi) is 5.92. The first kappa shape index (κ1) is 19.3. The first-order valence-corrected chi connectivity index (χ1v) is 10.6. The van der Waals surface area contributed by atoms with E-state index in [1.807, 2.05) is 6.20 Å². The van der Waals surface area contributed by atoms with Gasteiger partial charge in [-0.3, -0.25) is 14.6 Å². The molecule has 2 aromatic rings. The number of rotatable bonds is 6. The van der Waals surface area contributed by atoms with E-state index in [0.29, 0.717) is 12.5 Å². The third-order valence-corrected chi connectivity index (χ3v) is 5.87. The van der Waals surface area contributed by atoms with Crippen molar-refractivity contribution < 1.29 is 4.42 Å². The standard InChI is InChI=1S/C21H31N5O2/c1-16(2)19-14-22-20(28-19)15-25-9-7-24(8-10-25)11-12-26-21(27)13-17-5-3-4-6-18(17)23-26/h13-14,16H,3-12,15H2,1-2H3. The zero-order valence-corrected chi connectivity index (χ0v) is 17.1. The lowest BCUT2D eigenvalue weighted by molar-refractivity contribution is 0.114. The van der Waals surface area contributed by atoms with Crippen LogP contribution in [0.3, 0.4) is 0 Å². The molecule has 1 fully saturated rings. The van der Waals surface area contributed by atoms with E-state index < -0.39 is 0 Å². The lowest BCUT2D eigenvalue weighted by Gasteiger charge is -2.34. The lowest BCUT2D eigenvalue weighted by Crippen LogP contribution is -2.47. The van der Waals surface area contributed by atoms with Gasteiger partial charge in [-0.25, -0.2) is 9.67 Å². The average molecular weight is 386 g/mol.